The van der Waals surface area contributed by atoms with E-state index in [2.05, 4.69) is 55.2 Å². The van der Waals surface area contributed by atoms with Crippen LogP contribution in [0.2, 0.25) is 0 Å². The molecule has 8 heterocycles. The van der Waals surface area contributed by atoms with Gasteiger partial charge in [-0.3, -0.25) is 10.1 Å². The zero-order chi connectivity index (χ0) is 44.4. The van der Waals surface area contributed by atoms with Crippen molar-refractivity contribution in [1.82, 2.24) is 39.9 Å². The molecule has 8 aromatic heterocycles. The molecule has 0 atom stereocenters. The number of carbonyl (C=O) groups is 2. The van der Waals surface area contributed by atoms with E-state index in [-0.39, 0.29) is 49.4 Å². The minimum atomic E-state index is -0.767. The van der Waals surface area contributed by atoms with Crippen LogP contribution in [0.3, 0.4) is 0 Å². The molecule has 0 aliphatic heterocycles. The number of azide groups is 1. The normalized spacial score (nSPS) is 10.3. The van der Waals surface area contributed by atoms with Crippen molar-refractivity contribution < 1.29 is 37.0 Å². The number of fused-ring (bicyclic) bond motifs is 4. The molecular weight excluding hydrogens is 875 g/mol. The quantitative estimate of drug-likeness (QED) is 0.0351. The Morgan fingerprint density at radius 2 is 1.03 bits per heavy atom. The number of nitrogens with one attached hydrogen (secondary N) is 5. The van der Waals surface area contributed by atoms with E-state index in [1.165, 1.54) is 24.4 Å². The van der Waals surface area contributed by atoms with Gasteiger partial charge in [-0.1, -0.05) is 7.43 Å². The van der Waals surface area contributed by atoms with Crippen LogP contribution in [0.25, 0.3) is 54.6 Å². The molecule has 0 aromatic carbocycles. The summed E-state index contributed by atoms with van der Waals surface area (Å²) in [4.78, 5) is 51.5. The van der Waals surface area contributed by atoms with E-state index in [1.54, 1.807) is 60.1 Å². The third-order valence-corrected chi connectivity index (χ3v) is 7.06. The van der Waals surface area contributed by atoms with E-state index < -0.39 is 34.8 Å². The second-order valence-corrected chi connectivity index (χ2v) is 14.4. The molecule has 0 bridgehead atoms. The largest absolute Gasteiger partial charge is 0.444 e. The molecule has 24 heteroatoms. The van der Waals surface area contributed by atoms with Crippen molar-refractivity contribution in [3.8, 4) is 0 Å². The van der Waals surface area contributed by atoms with Gasteiger partial charge in [0.05, 0.1) is 53.0 Å². The maximum Gasteiger partial charge on any atom is 0.412 e. The first-order valence-corrected chi connectivity index (χ1v) is 17.4. The number of nitrogen functional groups attached to an aromatic ring is 2. The van der Waals surface area contributed by atoms with Crippen molar-refractivity contribution in [3.05, 3.63) is 113 Å². The van der Waals surface area contributed by atoms with Crippen LogP contribution in [-0.2, 0) is 4.74 Å². The second-order valence-electron chi connectivity index (χ2n) is 14.4. The standard InChI is InChI=1S/C12H14FN3O2.C8H4FN5O.2C7H6FN3.C4H10O.CH4.2ClH/c1-12(2,3)18-11(17)16-9-6-15-10-8(9)4-7(13)5-14-10;9-4-1-5-6(8(15)13-14-10)3-12-7(5)11-2-4;2*8-4-1-5-6(9)3-11-7(5)10-2-4;1-4(2,3)5;;;/h4-6H,1-3H3,(H,14,15)(H,16,17);1-3H,(H,11,12);2*1-3H,9H2,(H,10,11);5H,1-3H3;1H4;2*1H. The van der Waals surface area contributed by atoms with Crippen LogP contribution in [0, 0.1) is 23.3 Å². The smallest absolute Gasteiger partial charge is 0.412 e. The van der Waals surface area contributed by atoms with Gasteiger partial charge in [-0.05, 0) is 76.5 Å². The molecule has 0 saturated carbocycles. The Morgan fingerprint density at radius 3 is 1.44 bits per heavy atom. The molecule has 8 rings (SSSR count). The van der Waals surface area contributed by atoms with Crippen LogP contribution in [0.5, 0.6) is 0 Å². The maximum atomic E-state index is 13.1. The minimum absolute atomic E-state index is 0. The van der Waals surface area contributed by atoms with Crippen molar-refractivity contribution in [2.24, 2.45) is 5.11 Å². The maximum absolute atomic E-state index is 13.1. The number of nitrogens with zero attached hydrogens (tertiary/aromatic N) is 7. The lowest BCUT2D eigenvalue weighted by Crippen LogP contribution is -2.27. The molecule has 0 saturated heterocycles. The molecule has 338 valence electrons. The molecule has 18 nitrogen and oxygen atoms in total. The first-order chi connectivity index (χ1) is 28.1. The molecule has 0 unspecified atom stereocenters. The Hall–Kier alpha value is -7.13. The number of carbonyl (C=O) groups excluding carboxylic acids is 2. The van der Waals surface area contributed by atoms with Crippen molar-refractivity contribution >= 4 is 98.0 Å². The number of aromatic nitrogens is 8. The van der Waals surface area contributed by atoms with Crippen LogP contribution in [0.4, 0.5) is 39.4 Å². The lowest BCUT2D eigenvalue weighted by molar-refractivity contribution is 0.0635. The fourth-order valence-corrected chi connectivity index (χ4v) is 4.74. The molecule has 63 heavy (non-hydrogen) atoms. The van der Waals surface area contributed by atoms with E-state index in [0.717, 1.165) is 30.9 Å². The lowest BCUT2D eigenvalue weighted by atomic mass is 10.2. The van der Waals surface area contributed by atoms with Gasteiger partial charge in [0.15, 0.2) is 0 Å². The van der Waals surface area contributed by atoms with Gasteiger partial charge in [-0.2, -0.15) is 0 Å². The predicted molar refractivity (Wildman–Crippen MR) is 240 cm³/mol. The van der Waals surface area contributed by atoms with Gasteiger partial charge in [0.1, 0.15) is 51.5 Å². The van der Waals surface area contributed by atoms with Crippen LogP contribution >= 0.6 is 24.8 Å². The number of hydrogen-bond acceptors (Lipinski definition) is 10. The number of rotatable bonds is 2. The topological polar surface area (TPSA) is 291 Å². The van der Waals surface area contributed by atoms with Crippen molar-refractivity contribution in [2.45, 2.75) is 60.2 Å². The van der Waals surface area contributed by atoms with Crippen molar-refractivity contribution in [1.29, 1.82) is 0 Å². The van der Waals surface area contributed by atoms with Gasteiger partial charge in [0.25, 0.3) is 5.91 Å². The summed E-state index contributed by atoms with van der Waals surface area (Å²) in [6.07, 6.45) is 9.91. The fourth-order valence-electron chi connectivity index (χ4n) is 4.74. The molecule has 0 fully saturated rings. The highest BCUT2D eigenvalue weighted by molar-refractivity contribution is 6.06. The second kappa shape index (κ2) is 23.2. The summed E-state index contributed by atoms with van der Waals surface area (Å²) in [5.74, 6) is -2.53. The van der Waals surface area contributed by atoms with Gasteiger partial charge in [-0.15, -0.1) is 24.8 Å². The molecule has 10 N–H and O–H groups in total. The van der Waals surface area contributed by atoms with Crippen LogP contribution < -0.4 is 16.8 Å². The lowest BCUT2D eigenvalue weighted by Gasteiger charge is -2.19. The molecule has 0 aliphatic rings. The number of aliphatic hydroxyl groups is 1. The molecule has 2 amide bonds. The number of ether oxygens (including phenoxy) is 1. The third kappa shape index (κ3) is 16.3. The molecule has 0 radical (unpaired) electrons. The number of aromatic amines is 4. The van der Waals surface area contributed by atoms with E-state index >= 15 is 0 Å². The van der Waals surface area contributed by atoms with Gasteiger partial charge in [0.2, 0.25) is 0 Å². The zero-order valence-corrected chi connectivity index (χ0v) is 35.3. The summed E-state index contributed by atoms with van der Waals surface area (Å²) in [6, 6.07) is 5.16. The highest BCUT2D eigenvalue weighted by Crippen LogP contribution is 2.23. The summed E-state index contributed by atoms with van der Waals surface area (Å²) in [7, 11) is 0. The molecule has 0 spiro atoms. The predicted octanol–water partition coefficient (Wildman–Crippen LogP) is 10.0. The summed E-state index contributed by atoms with van der Waals surface area (Å²) in [5.41, 5.74) is 21.7. The molecular formula is C39H46Cl2F4N14O4. The Morgan fingerprint density at radius 1 is 0.683 bits per heavy atom. The van der Waals surface area contributed by atoms with E-state index in [0.29, 0.717) is 61.2 Å². The molecule has 8 aromatic rings. The fraction of sp³-hybridized carbons (Fsp3) is 0.231. The average molecular weight is 922 g/mol. The number of nitrogens with two attached hydrogens (primary N) is 2. The molecule has 0 aliphatic carbocycles. The summed E-state index contributed by atoms with van der Waals surface area (Å²) >= 11 is 0. The number of anilines is 3. The Balaban J connectivity index is 0.000000405. The Kier molecular flexibility index (Phi) is 19.8. The summed E-state index contributed by atoms with van der Waals surface area (Å²) < 4.78 is 56.2. The third-order valence-electron chi connectivity index (χ3n) is 7.06. The minimum Gasteiger partial charge on any atom is -0.444 e. The van der Waals surface area contributed by atoms with Crippen LogP contribution in [0.1, 0.15) is 59.3 Å². The van der Waals surface area contributed by atoms with E-state index in [4.69, 9.17) is 26.8 Å². The van der Waals surface area contributed by atoms with Gasteiger partial charge >= 0.3 is 6.09 Å². The van der Waals surface area contributed by atoms with E-state index in [1.807, 2.05) is 0 Å². The monoisotopic (exact) mass is 920 g/mol. The number of amides is 2. The highest BCUT2D eigenvalue weighted by Gasteiger charge is 2.18. The average Bonchev–Trinajstić information content (AvgIpc) is 3.94. The van der Waals surface area contributed by atoms with Crippen molar-refractivity contribution in [3.63, 3.8) is 0 Å². The number of pyridine rings is 4. The first-order valence-electron chi connectivity index (χ1n) is 17.4. The van der Waals surface area contributed by atoms with Gasteiger partial charge in [0, 0.05) is 51.2 Å². The Labute approximate surface area is 369 Å². The van der Waals surface area contributed by atoms with Gasteiger partial charge in [-0.25, -0.2) is 42.3 Å². The number of halogens is 6. The summed E-state index contributed by atoms with van der Waals surface area (Å²) in [5, 5.41) is 16.0. The van der Waals surface area contributed by atoms with Gasteiger partial charge < -0.3 is 41.2 Å². The first kappa shape index (κ1) is 53.9. The van der Waals surface area contributed by atoms with E-state index in [9.17, 15) is 27.2 Å². The number of hydrogen-bond donors (Lipinski definition) is 8. The van der Waals surface area contributed by atoms with Crippen molar-refractivity contribution in [2.75, 3.05) is 16.8 Å². The van der Waals surface area contributed by atoms with Crippen LogP contribution in [0.15, 0.2) is 79.0 Å². The highest BCUT2D eigenvalue weighted by atomic mass is 35.5. The Bertz CT molecular complexity index is 2720. The summed E-state index contributed by atoms with van der Waals surface area (Å²) in [6.45, 7) is 10.5. The SMILES string of the molecule is C.CC(C)(C)O.CC(C)(C)OC(=O)Nc1c[nH]c2ncc(F)cc12.Cl.Cl.Nc1c[nH]c2ncc(F)cc12.Nc1c[nH]c2ncc(F)cc12.[N-]=[N+]=NC(=O)c1c[nH]c2ncc(F)cc12. The van der Waals surface area contributed by atoms with Crippen LogP contribution in [-0.4, -0.2) is 68.2 Å². The zero-order valence-electron chi connectivity index (χ0n) is 33.7. The number of H-pyrrole nitrogens is 4.